The summed E-state index contributed by atoms with van der Waals surface area (Å²) in [5.41, 5.74) is 7.45. The third-order valence-corrected chi connectivity index (χ3v) is 2.50. The summed E-state index contributed by atoms with van der Waals surface area (Å²) >= 11 is 3.30. The van der Waals surface area contributed by atoms with Gasteiger partial charge in [0.25, 0.3) is 0 Å². The summed E-state index contributed by atoms with van der Waals surface area (Å²) < 4.78 is 0.807. The smallest absolute Gasteiger partial charge is 0.194 e. The molecular weight excluding hydrogens is 256 g/mol. The number of benzene rings is 1. The molecule has 0 saturated carbocycles. The maximum absolute atomic E-state index is 11.9. The van der Waals surface area contributed by atoms with Gasteiger partial charge in [0.2, 0.25) is 0 Å². The second-order valence-corrected chi connectivity index (χ2v) is 4.12. The van der Waals surface area contributed by atoms with Gasteiger partial charge in [-0.1, -0.05) is 15.9 Å². The van der Waals surface area contributed by atoms with Crippen LogP contribution in [0.5, 0.6) is 0 Å². The largest absolute Gasteiger partial charge is 0.399 e. The molecule has 4 heteroatoms. The molecule has 0 atom stereocenters. The van der Waals surface area contributed by atoms with E-state index < -0.39 is 0 Å². The number of carbonyl (C=O) groups excluding carboxylic acids is 1. The predicted octanol–water partition coefficient (Wildman–Crippen LogP) is 2.59. The van der Waals surface area contributed by atoms with Crippen molar-refractivity contribution in [2.75, 3.05) is 5.73 Å². The van der Waals surface area contributed by atoms with Crippen LogP contribution in [-0.4, -0.2) is 10.8 Å². The number of aromatic amines is 1. The minimum absolute atomic E-state index is 0.0377. The minimum atomic E-state index is -0.0377. The Morgan fingerprint density at radius 2 is 2.07 bits per heavy atom. The van der Waals surface area contributed by atoms with Gasteiger partial charge in [-0.25, -0.2) is 0 Å². The zero-order valence-electron chi connectivity index (χ0n) is 7.83. The number of anilines is 1. The summed E-state index contributed by atoms with van der Waals surface area (Å²) in [7, 11) is 0. The van der Waals surface area contributed by atoms with E-state index in [2.05, 4.69) is 20.9 Å². The minimum Gasteiger partial charge on any atom is -0.399 e. The zero-order valence-corrected chi connectivity index (χ0v) is 9.41. The molecule has 3 N–H and O–H groups in total. The molecule has 15 heavy (non-hydrogen) atoms. The van der Waals surface area contributed by atoms with E-state index in [1.165, 1.54) is 0 Å². The third-order valence-electron chi connectivity index (χ3n) is 2.04. The summed E-state index contributed by atoms with van der Waals surface area (Å²) in [4.78, 5) is 14.8. The highest BCUT2D eigenvalue weighted by molar-refractivity contribution is 9.10. The molecule has 2 rings (SSSR count). The summed E-state index contributed by atoms with van der Waals surface area (Å²) in [6.07, 6.45) is 3.38. The molecule has 0 unspecified atom stereocenters. The molecule has 0 radical (unpaired) electrons. The maximum Gasteiger partial charge on any atom is 0.194 e. The molecule has 2 aromatic rings. The van der Waals surface area contributed by atoms with Gasteiger partial charge < -0.3 is 10.7 Å². The molecule has 1 aromatic carbocycles. The van der Waals surface area contributed by atoms with Crippen molar-refractivity contribution in [2.24, 2.45) is 0 Å². The van der Waals surface area contributed by atoms with Gasteiger partial charge in [0.05, 0.1) is 0 Å². The van der Waals surface area contributed by atoms with Gasteiger partial charge >= 0.3 is 0 Å². The van der Waals surface area contributed by atoms with Gasteiger partial charge in [-0.3, -0.25) is 4.79 Å². The quantitative estimate of drug-likeness (QED) is 0.647. The van der Waals surface area contributed by atoms with Gasteiger partial charge in [0, 0.05) is 33.7 Å². The Morgan fingerprint density at radius 1 is 1.27 bits per heavy atom. The number of hydrogen-bond acceptors (Lipinski definition) is 2. The maximum atomic E-state index is 11.9. The van der Waals surface area contributed by atoms with Crippen molar-refractivity contribution < 1.29 is 4.79 Å². The lowest BCUT2D eigenvalue weighted by Gasteiger charge is -2.01. The van der Waals surface area contributed by atoms with Crippen molar-refractivity contribution in [3.63, 3.8) is 0 Å². The van der Waals surface area contributed by atoms with E-state index in [1.807, 2.05) is 0 Å². The summed E-state index contributed by atoms with van der Waals surface area (Å²) in [5, 5.41) is 0. The highest BCUT2D eigenvalue weighted by Gasteiger charge is 2.10. The average molecular weight is 265 g/mol. The fraction of sp³-hybridized carbons (Fsp3) is 0. The molecule has 0 aliphatic carbocycles. The van der Waals surface area contributed by atoms with Crippen molar-refractivity contribution in [3.8, 4) is 0 Å². The van der Waals surface area contributed by atoms with Crippen LogP contribution in [0.2, 0.25) is 0 Å². The average Bonchev–Trinajstić information content (AvgIpc) is 2.67. The standard InChI is InChI=1S/C11H9BrN2O/c12-9-3-8(4-10(13)5-9)11(15)7-1-2-14-6-7/h1-6,14H,13H2. The topological polar surface area (TPSA) is 58.9 Å². The van der Waals surface area contributed by atoms with Crippen LogP contribution in [0.15, 0.2) is 41.1 Å². The number of rotatable bonds is 2. The van der Waals surface area contributed by atoms with E-state index in [0.29, 0.717) is 16.8 Å². The SMILES string of the molecule is Nc1cc(Br)cc(C(=O)c2cc[nH]c2)c1. The molecule has 0 amide bonds. The number of hydrogen-bond donors (Lipinski definition) is 2. The summed E-state index contributed by atoms with van der Waals surface area (Å²) in [5.74, 6) is -0.0377. The fourth-order valence-electron chi connectivity index (χ4n) is 1.38. The molecule has 1 aromatic heterocycles. The van der Waals surface area contributed by atoms with Crippen LogP contribution in [0.1, 0.15) is 15.9 Å². The molecule has 0 fully saturated rings. The number of H-pyrrole nitrogens is 1. The van der Waals surface area contributed by atoms with Gasteiger partial charge in [-0.2, -0.15) is 0 Å². The molecule has 3 nitrogen and oxygen atoms in total. The molecule has 1 heterocycles. The van der Waals surface area contributed by atoms with Crippen LogP contribution in [0.3, 0.4) is 0 Å². The van der Waals surface area contributed by atoms with Gasteiger partial charge in [0.15, 0.2) is 5.78 Å². The first-order valence-corrected chi connectivity index (χ1v) is 5.19. The van der Waals surface area contributed by atoms with Gasteiger partial charge in [-0.05, 0) is 24.3 Å². The van der Waals surface area contributed by atoms with Crippen molar-refractivity contribution in [1.82, 2.24) is 4.98 Å². The Kier molecular flexibility index (Phi) is 2.60. The van der Waals surface area contributed by atoms with Gasteiger partial charge in [0.1, 0.15) is 0 Å². The Morgan fingerprint density at radius 3 is 2.67 bits per heavy atom. The van der Waals surface area contributed by atoms with Crippen LogP contribution in [0.4, 0.5) is 5.69 Å². The van der Waals surface area contributed by atoms with E-state index in [0.717, 1.165) is 4.47 Å². The molecule has 0 aliphatic heterocycles. The molecule has 76 valence electrons. The number of ketones is 1. The monoisotopic (exact) mass is 264 g/mol. The normalized spacial score (nSPS) is 10.2. The number of carbonyl (C=O) groups is 1. The van der Waals surface area contributed by atoms with Crippen LogP contribution in [0, 0.1) is 0 Å². The zero-order chi connectivity index (χ0) is 10.8. The lowest BCUT2D eigenvalue weighted by molar-refractivity contribution is 0.103. The second-order valence-electron chi connectivity index (χ2n) is 3.20. The fourth-order valence-corrected chi connectivity index (χ4v) is 1.89. The molecule has 0 bridgehead atoms. The summed E-state index contributed by atoms with van der Waals surface area (Å²) in [6.45, 7) is 0. The number of nitrogens with two attached hydrogens (primary N) is 1. The number of nitrogen functional groups attached to an aromatic ring is 1. The van der Waals surface area contributed by atoms with Crippen LogP contribution < -0.4 is 5.73 Å². The lowest BCUT2D eigenvalue weighted by atomic mass is 10.1. The lowest BCUT2D eigenvalue weighted by Crippen LogP contribution is -2.00. The van der Waals surface area contributed by atoms with Crippen molar-refractivity contribution in [3.05, 3.63) is 52.3 Å². The van der Waals surface area contributed by atoms with Crippen LogP contribution in [-0.2, 0) is 0 Å². The first-order chi connectivity index (χ1) is 7.16. The van der Waals surface area contributed by atoms with Gasteiger partial charge in [-0.15, -0.1) is 0 Å². The van der Waals surface area contributed by atoms with Crippen molar-refractivity contribution in [1.29, 1.82) is 0 Å². The Bertz CT molecular complexity index is 471. The first kappa shape index (κ1) is 9.98. The van der Waals surface area contributed by atoms with E-state index in [1.54, 1.807) is 36.7 Å². The van der Waals surface area contributed by atoms with E-state index in [9.17, 15) is 4.79 Å². The molecular formula is C11H9BrN2O. The molecule has 0 aliphatic rings. The highest BCUT2D eigenvalue weighted by atomic mass is 79.9. The molecule has 0 spiro atoms. The Labute approximate surface area is 95.4 Å². The number of nitrogens with one attached hydrogen (secondary N) is 1. The number of aromatic nitrogens is 1. The number of halogens is 1. The predicted molar refractivity (Wildman–Crippen MR) is 62.8 cm³/mol. The third kappa shape index (κ3) is 2.10. The Hall–Kier alpha value is -1.55. The molecule has 0 saturated heterocycles. The first-order valence-electron chi connectivity index (χ1n) is 4.40. The van der Waals surface area contributed by atoms with Crippen molar-refractivity contribution in [2.45, 2.75) is 0 Å². The highest BCUT2D eigenvalue weighted by Crippen LogP contribution is 2.19. The van der Waals surface area contributed by atoms with Crippen molar-refractivity contribution >= 4 is 27.4 Å². The van der Waals surface area contributed by atoms with Crippen LogP contribution >= 0.6 is 15.9 Å². The van der Waals surface area contributed by atoms with E-state index in [4.69, 9.17) is 5.73 Å². The summed E-state index contributed by atoms with van der Waals surface area (Å²) in [6, 6.07) is 6.92. The second kappa shape index (κ2) is 3.90. The Balaban J connectivity index is 2.42. The van der Waals surface area contributed by atoms with E-state index >= 15 is 0 Å². The van der Waals surface area contributed by atoms with Crippen LogP contribution in [0.25, 0.3) is 0 Å². The van der Waals surface area contributed by atoms with E-state index in [-0.39, 0.29) is 5.78 Å².